The van der Waals surface area contributed by atoms with Crippen LogP contribution in [0.2, 0.25) is 0 Å². The first-order valence-corrected chi connectivity index (χ1v) is 10.4. The standard InChI is InChI=1S/C23H25N5O4/c29-21(15-22(30)31)25-17-3-1-16(2-4-17)20-9-10-24-23(27-20)26-18-5-7-19(8-6-18)28-11-13-32-14-12-28/h1-10,22,30-31H,11-15H2,(H,25,29)(H,24,26,27). The minimum Gasteiger partial charge on any atom is -0.378 e. The van der Waals surface area contributed by atoms with Crippen LogP contribution in [0.25, 0.3) is 11.3 Å². The maximum atomic E-state index is 11.6. The molecule has 2 aromatic carbocycles. The number of rotatable bonds is 7. The fourth-order valence-electron chi connectivity index (χ4n) is 3.39. The van der Waals surface area contributed by atoms with Gasteiger partial charge in [-0.1, -0.05) is 12.1 Å². The Hall–Kier alpha value is -3.53. The van der Waals surface area contributed by atoms with Crippen LogP contribution < -0.4 is 15.5 Å². The van der Waals surface area contributed by atoms with Crippen LogP contribution in [0.1, 0.15) is 6.42 Å². The third-order valence-corrected chi connectivity index (χ3v) is 4.99. The lowest BCUT2D eigenvalue weighted by molar-refractivity contribution is -0.124. The highest BCUT2D eigenvalue weighted by atomic mass is 16.5. The molecule has 1 amide bonds. The Balaban J connectivity index is 1.40. The van der Waals surface area contributed by atoms with Gasteiger partial charge in [0.1, 0.15) is 0 Å². The Bertz CT molecular complexity index is 1040. The molecule has 32 heavy (non-hydrogen) atoms. The van der Waals surface area contributed by atoms with Crippen LogP contribution in [0.3, 0.4) is 0 Å². The smallest absolute Gasteiger partial charge is 0.229 e. The first kappa shape index (κ1) is 21.7. The van der Waals surface area contributed by atoms with Crippen LogP contribution >= 0.6 is 0 Å². The fraction of sp³-hybridized carbons (Fsp3) is 0.261. The number of hydrogen-bond acceptors (Lipinski definition) is 8. The molecule has 9 nitrogen and oxygen atoms in total. The molecule has 1 aliphatic heterocycles. The molecule has 166 valence electrons. The topological polar surface area (TPSA) is 120 Å². The average molecular weight is 435 g/mol. The molecule has 2 heterocycles. The van der Waals surface area contributed by atoms with Crippen molar-refractivity contribution in [2.45, 2.75) is 12.7 Å². The van der Waals surface area contributed by atoms with E-state index in [-0.39, 0.29) is 6.42 Å². The zero-order chi connectivity index (χ0) is 22.3. The van der Waals surface area contributed by atoms with Crippen LogP contribution in [0.4, 0.5) is 23.0 Å². The van der Waals surface area contributed by atoms with Gasteiger partial charge < -0.3 is 30.5 Å². The molecule has 3 aromatic rings. The number of anilines is 4. The van der Waals surface area contributed by atoms with Crippen molar-refractivity contribution in [2.75, 3.05) is 41.8 Å². The lowest BCUT2D eigenvalue weighted by atomic mass is 10.1. The largest absolute Gasteiger partial charge is 0.378 e. The minimum atomic E-state index is -1.67. The number of hydrogen-bond donors (Lipinski definition) is 4. The number of carbonyl (C=O) groups excluding carboxylic acids is 1. The molecule has 0 aliphatic carbocycles. The van der Waals surface area contributed by atoms with Gasteiger partial charge >= 0.3 is 0 Å². The molecule has 4 rings (SSSR count). The quantitative estimate of drug-likeness (QED) is 0.418. The third kappa shape index (κ3) is 5.79. The summed E-state index contributed by atoms with van der Waals surface area (Å²) in [5.74, 6) is 0.0110. The first-order chi connectivity index (χ1) is 15.6. The molecular weight excluding hydrogens is 410 g/mol. The summed E-state index contributed by atoms with van der Waals surface area (Å²) in [6.45, 7) is 3.28. The summed E-state index contributed by atoms with van der Waals surface area (Å²) in [5, 5.41) is 23.6. The number of nitrogens with one attached hydrogen (secondary N) is 2. The van der Waals surface area contributed by atoms with Gasteiger partial charge in [0.25, 0.3) is 0 Å². The number of aliphatic hydroxyl groups is 2. The average Bonchev–Trinajstić information content (AvgIpc) is 2.80. The fourth-order valence-corrected chi connectivity index (χ4v) is 3.39. The number of benzene rings is 2. The van der Waals surface area contributed by atoms with Gasteiger partial charge in [-0.3, -0.25) is 4.79 Å². The van der Waals surface area contributed by atoms with Gasteiger partial charge in [-0.25, -0.2) is 9.97 Å². The van der Waals surface area contributed by atoms with Crippen molar-refractivity contribution in [3.8, 4) is 11.3 Å². The Morgan fingerprint density at radius 2 is 1.69 bits per heavy atom. The van der Waals surface area contributed by atoms with E-state index in [1.807, 2.05) is 30.3 Å². The van der Waals surface area contributed by atoms with Crippen molar-refractivity contribution in [3.05, 3.63) is 60.8 Å². The maximum Gasteiger partial charge on any atom is 0.229 e. The van der Waals surface area contributed by atoms with Crippen LogP contribution in [-0.2, 0) is 9.53 Å². The van der Waals surface area contributed by atoms with E-state index in [1.165, 1.54) is 0 Å². The maximum absolute atomic E-state index is 11.6. The second kappa shape index (κ2) is 10.2. The lowest BCUT2D eigenvalue weighted by Gasteiger charge is -2.28. The zero-order valence-corrected chi connectivity index (χ0v) is 17.4. The van der Waals surface area contributed by atoms with Gasteiger partial charge in [0.05, 0.1) is 25.3 Å². The molecule has 0 radical (unpaired) electrons. The van der Waals surface area contributed by atoms with Crippen molar-refractivity contribution >= 4 is 28.9 Å². The second-order valence-corrected chi connectivity index (χ2v) is 7.35. The number of aliphatic hydroxyl groups excluding tert-OH is 1. The summed E-state index contributed by atoms with van der Waals surface area (Å²) in [7, 11) is 0. The predicted octanol–water partition coefficient (Wildman–Crippen LogP) is 2.36. The highest BCUT2D eigenvalue weighted by Crippen LogP contribution is 2.23. The number of morpholine rings is 1. The molecule has 0 unspecified atom stereocenters. The molecule has 4 N–H and O–H groups in total. The van der Waals surface area contributed by atoms with E-state index >= 15 is 0 Å². The predicted molar refractivity (Wildman–Crippen MR) is 122 cm³/mol. The zero-order valence-electron chi connectivity index (χ0n) is 17.4. The van der Waals surface area contributed by atoms with Crippen molar-refractivity contribution in [1.29, 1.82) is 0 Å². The van der Waals surface area contributed by atoms with E-state index in [0.717, 1.165) is 48.9 Å². The van der Waals surface area contributed by atoms with Gasteiger partial charge in [0.2, 0.25) is 11.9 Å². The lowest BCUT2D eigenvalue weighted by Crippen LogP contribution is -2.36. The van der Waals surface area contributed by atoms with E-state index in [2.05, 4.69) is 37.6 Å². The summed E-state index contributed by atoms with van der Waals surface area (Å²) < 4.78 is 5.40. The number of aromatic nitrogens is 2. The molecule has 1 fully saturated rings. The summed E-state index contributed by atoms with van der Waals surface area (Å²) >= 11 is 0. The Morgan fingerprint density at radius 1 is 1.00 bits per heavy atom. The van der Waals surface area contributed by atoms with E-state index in [1.54, 1.807) is 18.3 Å². The molecule has 0 spiro atoms. The summed E-state index contributed by atoms with van der Waals surface area (Å²) in [6.07, 6.45) is -0.363. The van der Waals surface area contributed by atoms with E-state index in [4.69, 9.17) is 14.9 Å². The van der Waals surface area contributed by atoms with Crippen molar-refractivity contribution in [1.82, 2.24) is 9.97 Å². The summed E-state index contributed by atoms with van der Waals surface area (Å²) in [5.41, 5.74) is 4.21. The summed E-state index contributed by atoms with van der Waals surface area (Å²) in [6, 6.07) is 17.1. The normalized spacial score (nSPS) is 13.8. The second-order valence-electron chi connectivity index (χ2n) is 7.35. The first-order valence-electron chi connectivity index (χ1n) is 10.4. The number of amides is 1. The molecule has 9 heteroatoms. The Labute approximate surface area is 185 Å². The molecule has 1 saturated heterocycles. The van der Waals surface area contributed by atoms with Crippen molar-refractivity contribution < 1.29 is 19.7 Å². The van der Waals surface area contributed by atoms with E-state index in [9.17, 15) is 4.79 Å². The number of ether oxygens (including phenoxy) is 1. The summed E-state index contributed by atoms with van der Waals surface area (Å²) in [4.78, 5) is 22.8. The SMILES string of the molecule is O=C(CC(O)O)Nc1ccc(-c2ccnc(Nc3ccc(N4CCOCC4)cc3)n2)cc1. The molecule has 0 saturated carbocycles. The Morgan fingerprint density at radius 3 is 2.38 bits per heavy atom. The van der Waals surface area contributed by atoms with Crippen LogP contribution in [0, 0.1) is 0 Å². The third-order valence-electron chi connectivity index (χ3n) is 4.99. The molecule has 1 aromatic heterocycles. The van der Waals surface area contributed by atoms with E-state index in [0.29, 0.717) is 11.6 Å². The van der Waals surface area contributed by atoms with E-state index < -0.39 is 12.2 Å². The highest BCUT2D eigenvalue weighted by Gasteiger charge is 2.11. The van der Waals surface area contributed by atoms with Crippen LogP contribution in [-0.4, -0.2) is 58.7 Å². The van der Waals surface area contributed by atoms with Gasteiger partial charge in [-0.15, -0.1) is 0 Å². The van der Waals surface area contributed by atoms with Gasteiger partial charge in [-0.05, 0) is 42.5 Å². The van der Waals surface area contributed by atoms with Crippen LogP contribution in [0.15, 0.2) is 60.8 Å². The highest BCUT2D eigenvalue weighted by molar-refractivity contribution is 5.91. The molecule has 0 bridgehead atoms. The van der Waals surface area contributed by atoms with Gasteiger partial charge in [0.15, 0.2) is 6.29 Å². The monoisotopic (exact) mass is 435 g/mol. The molecule has 1 aliphatic rings. The number of nitrogens with zero attached hydrogens (tertiary/aromatic N) is 3. The van der Waals surface area contributed by atoms with Crippen LogP contribution in [0.5, 0.6) is 0 Å². The van der Waals surface area contributed by atoms with Crippen molar-refractivity contribution in [3.63, 3.8) is 0 Å². The van der Waals surface area contributed by atoms with Gasteiger partial charge in [-0.2, -0.15) is 0 Å². The van der Waals surface area contributed by atoms with Gasteiger partial charge in [0, 0.05) is 41.9 Å². The number of carbonyl (C=O) groups is 1. The molecule has 0 atom stereocenters. The minimum absolute atomic E-state index is 0.379. The Kier molecular flexibility index (Phi) is 6.90. The van der Waals surface area contributed by atoms with Crippen molar-refractivity contribution in [2.24, 2.45) is 0 Å². The molecular formula is C23H25N5O4.